The SMILES string of the molecule is O=C(Nc1ccc2[nH]c(=O)[nH]c2c1)C1CCN(C(=O)c2ccco2)CC1. The number of carbonyl (C=O) groups is 2. The minimum absolute atomic E-state index is 0.0765. The maximum absolute atomic E-state index is 12.5. The number of nitrogens with zero attached hydrogens (tertiary/aromatic N) is 1. The van der Waals surface area contributed by atoms with Gasteiger partial charge in [0.15, 0.2) is 5.76 Å². The fraction of sp³-hybridized carbons (Fsp3) is 0.278. The molecule has 1 aliphatic rings. The lowest BCUT2D eigenvalue weighted by Gasteiger charge is -2.30. The topological polar surface area (TPSA) is 111 Å². The van der Waals surface area contributed by atoms with E-state index in [0.29, 0.717) is 48.4 Å². The van der Waals surface area contributed by atoms with Crippen LogP contribution >= 0.6 is 0 Å². The van der Waals surface area contributed by atoms with Crippen LogP contribution in [0.1, 0.15) is 23.4 Å². The number of hydrogen-bond donors (Lipinski definition) is 3. The lowest BCUT2D eigenvalue weighted by atomic mass is 9.95. The zero-order valence-corrected chi connectivity index (χ0v) is 14.0. The van der Waals surface area contributed by atoms with Crippen molar-refractivity contribution < 1.29 is 14.0 Å². The van der Waals surface area contributed by atoms with E-state index in [1.54, 1.807) is 35.2 Å². The van der Waals surface area contributed by atoms with Gasteiger partial charge >= 0.3 is 5.69 Å². The number of hydrogen-bond acceptors (Lipinski definition) is 4. The minimum atomic E-state index is -0.280. The highest BCUT2D eigenvalue weighted by Crippen LogP contribution is 2.22. The van der Waals surface area contributed by atoms with E-state index in [1.165, 1.54) is 6.26 Å². The van der Waals surface area contributed by atoms with Crippen LogP contribution in [0, 0.1) is 5.92 Å². The van der Waals surface area contributed by atoms with Crippen LogP contribution in [0.2, 0.25) is 0 Å². The summed E-state index contributed by atoms with van der Waals surface area (Å²) in [4.78, 5) is 43.1. The average Bonchev–Trinajstić information content (AvgIpc) is 3.29. The number of anilines is 1. The summed E-state index contributed by atoms with van der Waals surface area (Å²) in [6.07, 6.45) is 2.67. The van der Waals surface area contributed by atoms with Crippen molar-refractivity contribution in [2.45, 2.75) is 12.8 Å². The fourth-order valence-corrected chi connectivity index (χ4v) is 3.26. The van der Waals surface area contributed by atoms with Gasteiger partial charge < -0.3 is 24.6 Å². The number of aromatic nitrogens is 2. The second kappa shape index (κ2) is 6.55. The van der Waals surface area contributed by atoms with Crippen molar-refractivity contribution in [3.05, 3.63) is 52.8 Å². The van der Waals surface area contributed by atoms with Gasteiger partial charge in [0.2, 0.25) is 5.91 Å². The van der Waals surface area contributed by atoms with Gasteiger partial charge in [0.05, 0.1) is 17.3 Å². The average molecular weight is 354 g/mol. The van der Waals surface area contributed by atoms with Crippen LogP contribution in [0.3, 0.4) is 0 Å². The van der Waals surface area contributed by atoms with Crippen molar-refractivity contribution in [3.8, 4) is 0 Å². The van der Waals surface area contributed by atoms with E-state index >= 15 is 0 Å². The molecule has 2 aromatic heterocycles. The van der Waals surface area contributed by atoms with E-state index in [0.717, 1.165) is 0 Å². The summed E-state index contributed by atoms with van der Waals surface area (Å²) >= 11 is 0. The Bertz CT molecular complexity index is 994. The smallest absolute Gasteiger partial charge is 0.323 e. The highest BCUT2D eigenvalue weighted by atomic mass is 16.3. The molecule has 1 saturated heterocycles. The predicted octanol–water partition coefficient (Wildman–Crippen LogP) is 1.94. The van der Waals surface area contributed by atoms with E-state index in [4.69, 9.17) is 4.42 Å². The molecule has 0 unspecified atom stereocenters. The van der Waals surface area contributed by atoms with Gasteiger partial charge in [0, 0.05) is 24.7 Å². The summed E-state index contributed by atoms with van der Waals surface area (Å²) in [5.74, 6) is -0.0543. The van der Waals surface area contributed by atoms with Crippen molar-refractivity contribution in [2.24, 2.45) is 5.92 Å². The number of benzene rings is 1. The molecule has 1 aliphatic heterocycles. The Hall–Kier alpha value is -3.29. The van der Waals surface area contributed by atoms with Crippen LogP contribution in [0.4, 0.5) is 5.69 Å². The molecule has 2 amide bonds. The monoisotopic (exact) mass is 354 g/mol. The zero-order valence-electron chi connectivity index (χ0n) is 14.0. The molecule has 0 saturated carbocycles. The summed E-state index contributed by atoms with van der Waals surface area (Å²) in [6.45, 7) is 1.03. The number of amides is 2. The first-order valence-electron chi connectivity index (χ1n) is 8.46. The number of rotatable bonds is 3. The second-order valence-corrected chi connectivity index (χ2v) is 6.37. The molecule has 0 bridgehead atoms. The van der Waals surface area contributed by atoms with E-state index in [1.807, 2.05) is 0 Å². The Morgan fingerprint density at radius 3 is 2.62 bits per heavy atom. The molecule has 26 heavy (non-hydrogen) atoms. The van der Waals surface area contributed by atoms with Gasteiger partial charge in [-0.1, -0.05) is 0 Å². The van der Waals surface area contributed by atoms with E-state index in [-0.39, 0.29) is 23.4 Å². The summed E-state index contributed by atoms with van der Waals surface area (Å²) < 4.78 is 5.14. The van der Waals surface area contributed by atoms with Gasteiger partial charge in [-0.15, -0.1) is 0 Å². The molecule has 0 atom stereocenters. The van der Waals surface area contributed by atoms with Crippen LogP contribution in [-0.2, 0) is 4.79 Å². The lowest BCUT2D eigenvalue weighted by molar-refractivity contribution is -0.121. The van der Waals surface area contributed by atoms with Gasteiger partial charge in [-0.05, 0) is 43.2 Å². The molecule has 8 heteroatoms. The number of likely N-dealkylation sites (tertiary alicyclic amines) is 1. The number of imidazole rings is 1. The molecule has 0 spiro atoms. The first-order valence-corrected chi connectivity index (χ1v) is 8.46. The van der Waals surface area contributed by atoms with E-state index < -0.39 is 0 Å². The van der Waals surface area contributed by atoms with Crippen molar-refractivity contribution >= 4 is 28.5 Å². The van der Waals surface area contributed by atoms with Gasteiger partial charge in [-0.25, -0.2) is 4.79 Å². The number of piperidine rings is 1. The second-order valence-electron chi connectivity index (χ2n) is 6.37. The first-order chi connectivity index (χ1) is 12.6. The molecule has 3 N–H and O–H groups in total. The van der Waals surface area contributed by atoms with E-state index in [2.05, 4.69) is 15.3 Å². The molecule has 0 aliphatic carbocycles. The van der Waals surface area contributed by atoms with Gasteiger partial charge in [0.25, 0.3) is 5.91 Å². The Balaban J connectivity index is 1.37. The first kappa shape index (κ1) is 16.2. The summed E-state index contributed by atoms with van der Waals surface area (Å²) in [6, 6.07) is 8.54. The zero-order chi connectivity index (χ0) is 18.1. The summed E-state index contributed by atoms with van der Waals surface area (Å²) in [7, 11) is 0. The van der Waals surface area contributed by atoms with Crippen LogP contribution in [0.25, 0.3) is 11.0 Å². The molecule has 8 nitrogen and oxygen atoms in total. The fourth-order valence-electron chi connectivity index (χ4n) is 3.26. The van der Waals surface area contributed by atoms with Crippen molar-refractivity contribution in [1.82, 2.24) is 14.9 Å². The number of carbonyl (C=O) groups excluding carboxylic acids is 2. The summed E-state index contributed by atoms with van der Waals surface area (Å²) in [5, 5.41) is 2.89. The molecular weight excluding hydrogens is 336 g/mol. The number of nitrogens with one attached hydrogen (secondary N) is 3. The molecule has 1 fully saturated rings. The standard InChI is InChI=1S/C18H18N4O4/c23-16(19-12-3-4-13-14(10-12)21-18(25)20-13)11-5-7-22(8-6-11)17(24)15-2-1-9-26-15/h1-4,9-11H,5-8H2,(H,19,23)(H2,20,21,25). The number of furan rings is 1. The third kappa shape index (κ3) is 3.13. The number of aromatic amines is 2. The van der Waals surface area contributed by atoms with Crippen molar-refractivity contribution in [2.75, 3.05) is 18.4 Å². The molecule has 4 rings (SSSR count). The van der Waals surface area contributed by atoms with Crippen LogP contribution in [0.15, 0.2) is 45.8 Å². The quantitative estimate of drug-likeness (QED) is 0.667. The Kier molecular flexibility index (Phi) is 4.08. The molecule has 0 radical (unpaired) electrons. The Morgan fingerprint density at radius 1 is 1.12 bits per heavy atom. The van der Waals surface area contributed by atoms with Crippen molar-refractivity contribution in [1.29, 1.82) is 0 Å². The predicted molar refractivity (Wildman–Crippen MR) is 94.9 cm³/mol. The lowest BCUT2D eigenvalue weighted by Crippen LogP contribution is -2.41. The molecule has 134 valence electrons. The largest absolute Gasteiger partial charge is 0.459 e. The maximum Gasteiger partial charge on any atom is 0.323 e. The van der Waals surface area contributed by atoms with Gasteiger partial charge in [-0.2, -0.15) is 0 Å². The number of fused-ring (bicyclic) bond motifs is 1. The van der Waals surface area contributed by atoms with Crippen LogP contribution < -0.4 is 11.0 Å². The van der Waals surface area contributed by atoms with E-state index in [9.17, 15) is 14.4 Å². The highest BCUT2D eigenvalue weighted by molar-refractivity contribution is 5.95. The van der Waals surface area contributed by atoms with Crippen molar-refractivity contribution in [3.63, 3.8) is 0 Å². The van der Waals surface area contributed by atoms with Crippen LogP contribution in [-0.4, -0.2) is 39.8 Å². The van der Waals surface area contributed by atoms with Gasteiger partial charge in [-0.3, -0.25) is 9.59 Å². The molecular formula is C18H18N4O4. The van der Waals surface area contributed by atoms with Gasteiger partial charge in [0.1, 0.15) is 0 Å². The Morgan fingerprint density at radius 2 is 1.88 bits per heavy atom. The third-order valence-corrected chi connectivity index (χ3v) is 4.67. The number of H-pyrrole nitrogens is 2. The van der Waals surface area contributed by atoms with Crippen LogP contribution in [0.5, 0.6) is 0 Å². The molecule has 3 heterocycles. The maximum atomic E-state index is 12.5. The normalized spacial score (nSPS) is 15.3. The molecule has 3 aromatic rings. The highest BCUT2D eigenvalue weighted by Gasteiger charge is 2.28. The third-order valence-electron chi connectivity index (χ3n) is 4.67. The molecule has 1 aromatic carbocycles. The minimum Gasteiger partial charge on any atom is -0.459 e. The summed E-state index contributed by atoms with van der Waals surface area (Å²) in [5.41, 5.74) is 1.69. The Labute approximate surface area is 148 Å².